The molecule has 3 aromatic rings. The van der Waals surface area contributed by atoms with E-state index >= 15 is 0 Å². The number of rotatable bonds is 1. The van der Waals surface area contributed by atoms with Gasteiger partial charge in [-0.3, -0.25) is 0 Å². The summed E-state index contributed by atoms with van der Waals surface area (Å²) in [4.78, 5) is 4.18. The van der Waals surface area contributed by atoms with Crippen molar-refractivity contribution in [3.63, 3.8) is 0 Å². The van der Waals surface area contributed by atoms with E-state index in [4.69, 9.17) is 0 Å². The molecule has 0 atom stereocenters. The van der Waals surface area contributed by atoms with Gasteiger partial charge in [0.25, 0.3) is 0 Å². The molecule has 0 N–H and O–H groups in total. The molecule has 17 heavy (non-hydrogen) atoms. The van der Waals surface area contributed by atoms with Gasteiger partial charge in [-0.15, -0.1) is 0 Å². The van der Waals surface area contributed by atoms with Crippen LogP contribution in [-0.2, 0) is 0 Å². The van der Waals surface area contributed by atoms with Crippen LogP contribution in [0.2, 0.25) is 0 Å². The summed E-state index contributed by atoms with van der Waals surface area (Å²) < 4.78 is 2.88. The number of halogens is 1. The lowest BCUT2D eigenvalue weighted by molar-refractivity contribution is 0.942. The zero-order valence-electron chi connectivity index (χ0n) is 9.26. The van der Waals surface area contributed by atoms with E-state index in [0.29, 0.717) is 0 Å². The molecule has 4 heteroatoms. The normalized spacial score (nSPS) is 10.9. The van der Waals surface area contributed by atoms with Gasteiger partial charge in [-0.1, -0.05) is 28.1 Å². The highest BCUT2D eigenvalue weighted by Crippen LogP contribution is 2.24. The van der Waals surface area contributed by atoms with Gasteiger partial charge in [0.2, 0.25) is 0 Å². The fraction of sp³-hybridized carbons (Fsp3) is 0.0769. The second-order valence-electron chi connectivity index (χ2n) is 3.91. The molecule has 0 spiro atoms. The molecule has 3 nitrogen and oxygen atoms in total. The number of aromatic nitrogens is 3. The molecule has 0 saturated carbocycles. The van der Waals surface area contributed by atoms with E-state index in [-0.39, 0.29) is 0 Å². The number of nitrogens with zero attached hydrogens (tertiary/aromatic N) is 3. The van der Waals surface area contributed by atoms with Gasteiger partial charge in [-0.25, -0.2) is 9.50 Å². The Hall–Kier alpha value is -1.68. The SMILES string of the molecule is Cc1ccc(-c2ccc3nccn3n2)cc1Br. The third-order valence-corrected chi connectivity index (χ3v) is 3.58. The van der Waals surface area contributed by atoms with Gasteiger partial charge in [0.05, 0.1) is 5.69 Å². The molecule has 3 rings (SSSR count). The molecule has 0 radical (unpaired) electrons. The van der Waals surface area contributed by atoms with E-state index in [0.717, 1.165) is 21.4 Å². The van der Waals surface area contributed by atoms with Crippen molar-refractivity contribution in [2.24, 2.45) is 0 Å². The minimum absolute atomic E-state index is 0.861. The van der Waals surface area contributed by atoms with Crippen LogP contribution in [0.1, 0.15) is 5.56 Å². The molecule has 0 fully saturated rings. The van der Waals surface area contributed by atoms with E-state index in [9.17, 15) is 0 Å². The van der Waals surface area contributed by atoms with Crippen LogP contribution in [0.25, 0.3) is 16.9 Å². The highest BCUT2D eigenvalue weighted by atomic mass is 79.9. The summed E-state index contributed by atoms with van der Waals surface area (Å²) in [6, 6.07) is 10.2. The summed E-state index contributed by atoms with van der Waals surface area (Å²) in [6.45, 7) is 2.07. The van der Waals surface area contributed by atoms with Gasteiger partial charge in [0, 0.05) is 22.4 Å². The Morgan fingerprint density at radius 3 is 2.88 bits per heavy atom. The van der Waals surface area contributed by atoms with Crippen LogP contribution >= 0.6 is 15.9 Å². The van der Waals surface area contributed by atoms with Crippen molar-refractivity contribution in [3.05, 3.63) is 52.8 Å². The molecule has 0 aliphatic rings. The first kappa shape index (κ1) is 10.5. The topological polar surface area (TPSA) is 30.2 Å². The van der Waals surface area contributed by atoms with Gasteiger partial charge in [0.1, 0.15) is 0 Å². The summed E-state index contributed by atoms with van der Waals surface area (Å²) in [6.07, 6.45) is 3.60. The Bertz CT molecular complexity index is 688. The molecule has 0 bridgehead atoms. The van der Waals surface area contributed by atoms with E-state index < -0.39 is 0 Å². The number of aryl methyl sites for hydroxylation is 1. The summed E-state index contributed by atoms with van der Waals surface area (Å²) in [5.41, 5.74) is 4.12. The van der Waals surface area contributed by atoms with Crippen molar-refractivity contribution >= 4 is 21.6 Å². The number of hydrogen-bond donors (Lipinski definition) is 0. The lowest BCUT2D eigenvalue weighted by Gasteiger charge is -2.04. The lowest BCUT2D eigenvalue weighted by Crippen LogP contribution is -1.93. The number of hydrogen-bond acceptors (Lipinski definition) is 2. The molecular formula is C13H10BrN3. The maximum atomic E-state index is 4.51. The second-order valence-corrected chi connectivity index (χ2v) is 4.77. The molecule has 2 aromatic heterocycles. The molecule has 0 saturated heterocycles. The lowest BCUT2D eigenvalue weighted by atomic mass is 10.1. The van der Waals surface area contributed by atoms with Crippen molar-refractivity contribution in [3.8, 4) is 11.3 Å². The molecule has 0 aliphatic heterocycles. The molecule has 0 amide bonds. The zero-order valence-corrected chi connectivity index (χ0v) is 10.8. The Morgan fingerprint density at radius 2 is 2.06 bits per heavy atom. The average molecular weight is 288 g/mol. The maximum absolute atomic E-state index is 4.51. The summed E-state index contributed by atoms with van der Waals surface area (Å²) in [5, 5.41) is 4.51. The number of imidazole rings is 1. The molecule has 1 aromatic carbocycles. The summed E-state index contributed by atoms with van der Waals surface area (Å²) in [5.74, 6) is 0. The van der Waals surface area contributed by atoms with Crippen LogP contribution in [0.5, 0.6) is 0 Å². The molecule has 0 aliphatic carbocycles. The highest BCUT2D eigenvalue weighted by molar-refractivity contribution is 9.10. The van der Waals surface area contributed by atoms with E-state index in [1.807, 2.05) is 18.3 Å². The standard InChI is InChI=1S/C13H10BrN3/c1-9-2-3-10(8-11(9)14)12-4-5-13-15-6-7-17(13)16-12/h2-8H,1H3. The van der Waals surface area contributed by atoms with Gasteiger partial charge in [-0.2, -0.15) is 5.10 Å². The summed E-state index contributed by atoms with van der Waals surface area (Å²) >= 11 is 3.54. The third kappa shape index (κ3) is 1.85. The van der Waals surface area contributed by atoms with Crippen molar-refractivity contribution in [1.82, 2.24) is 14.6 Å². The van der Waals surface area contributed by atoms with Crippen LogP contribution in [0.15, 0.2) is 47.2 Å². The second kappa shape index (κ2) is 3.96. The van der Waals surface area contributed by atoms with Crippen molar-refractivity contribution in [1.29, 1.82) is 0 Å². The minimum Gasteiger partial charge on any atom is -0.236 e. The van der Waals surface area contributed by atoms with Crippen molar-refractivity contribution in [2.45, 2.75) is 6.92 Å². The maximum Gasteiger partial charge on any atom is 0.153 e. The molecular weight excluding hydrogens is 278 g/mol. The van der Waals surface area contributed by atoms with Gasteiger partial charge in [0.15, 0.2) is 5.65 Å². The Labute approximate surface area is 107 Å². The van der Waals surface area contributed by atoms with Gasteiger partial charge >= 0.3 is 0 Å². The average Bonchev–Trinajstić information content (AvgIpc) is 2.79. The fourth-order valence-electron chi connectivity index (χ4n) is 1.72. The zero-order chi connectivity index (χ0) is 11.8. The van der Waals surface area contributed by atoms with E-state index in [1.54, 1.807) is 10.7 Å². The first-order valence-corrected chi connectivity index (χ1v) is 6.10. The van der Waals surface area contributed by atoms with Crippen LogP contribution < -0.4 is 0 Å². The Morgan fingerprint density at radius 1 is 1.18 bits per heavy atom. The predicted octanol–water partition coefficient (Wildman–Crippen LogP) is 3.47. The highest BCUT2D eigenvalue weighted by Gasteiger charge is 2.03. The number of fused-ring (bicyclic) bond motifs is 1. The van der Waals surface area contributed by atoms with Crippen molar-refractivity contribution in [2.75, 3.05) is 0 Å². The van der Waals surface area contributed by atoms with Crippen molar-refractivity contribution < 1.29 is 0 Å². The van der Waals surface area contributed by atoms with E-state index in [2.05, 4.69) is 51.1 Å². The Balaban J connectivity index is 2.16. The Kier molecular flexibility index (Phi) is 2.44. The van der Waals surface area contributed by atoms with Crippen LogP contribution in [0, 0.1) is 6.92 Å². The first-order chi connectivity index (χ1) is 8.24. The molecule has 84 valence electrons. The van der Waals surface area contributed by atoms with Crippen LogP contribution in [-0.4, -0.2) is 14.6 Å². The molecule has 0 unspecified atom stereocenters. The largest absolute Gasteiger partial charge is 0.236 e. The fourth-order valence-corrected chi connectivity index (χ4v) is 2.10. The number of benzene rings is 1. The van der Waals surface area contributed by atoms with Crippen LogP contribution in [0.3, 0.4) is 0 Å². The minimum atomic E-state index is 0.861. The monoisotopic (exact) mass is 287 g/mol. The predicted molar refractivity (Wildman–Crippen MR) is 70.9 cm³/mol. The quantitative estimate of drug-likeness (QED) is 0.686. The first-order valence-electron chi connectivity index (χ1n) is 5.31. The van der Waals surface area contributed by atoms with E-state index in [1.165, 1.54) is 5.56 Å². The molecule has 2 heterocycles. The van der Waals surface area contributed by atoms with Gasteiger partial charge < -0.3 is 0 Å². The van der Waals surface area contributed by atoms with Crippen LogP contribution in [0.4, 0.5) is 0 Å². The van der Waals surface area contributed by atoms with Gasteiger partial charge in [-0.05, 0) is 30.7 Å². The summed E-state index contributed by atoms with van der Waals surface area (Å²) in [7, 11) is 0. The smallest absolute Gasteiger partial charge is 0.153 e. The third-order valence-electron chi connectivity index (χ3n) is 2.72.